The molecule has 3 aromatic heterocycles. The lowest BCUT2D eigenvalue weighted by Crippen LogP contribution is -2.55. The Kier molecular flexibility index (Phi) is 16.0. The predicted octanol–water partition coefficient (Wildman–Crippen LogP) is 3.42. The van der Waals surface area contributed by atoms with Crippen molar-refractivity contribution in [3.63, 3.8) is 0 Å². The molecule has 0 radical (unpaired) electrons. The van der Waals surface area contributed by atoms with Crippen molar-refractivity contribution < 1.29 is 46.6 Å². The number of fused-ring (bicyclic) bond motifs is 5. The molecular weight excluding hydrogens is 950 g/mol. The van der Waals surface area contributed by atoms with Crippen LogP contribution in [0.25, 0.3) is 33.4 Å². The number of nitrogens with one attached hydrogen (secondary N) is 4. The number of hydrogen-bond donors (Lipinski definition) is 6. The fourth-order valence-corrected chi connectivity index (χ4v) is 9.12. The van der Waals surface area contributed by atoms with Gasteiger partial charge in [-0.2, -0.15) is 0 Å². The van der Waals surface area contributed by atoms with Gasteiger partial charge in [0, 0.05) is 59.8 Å². The SMILES string of the molecule is CC[C@@]1(O)C(=O)OCc2c1cc1n(c2=O)Cc2c-1nc1cc(F)c(C)cc1c2-c1ccc(NC(=O)CNC(=O)[C@H](CCCCN)NC(=O)[C@@H](NC(=O)CCCC#Cc2cnc(S(C)(=O)=O)nc2)C(C)C)cc1. The molecule has 5 aromatic rings. The first-order valence-electron chi connectivity index (χ1n) is 23.5. The zero-order valence-corrected chi connectivity index (χ0v) is 41.3. The van der Waals surface area contributed by atoms with Crippen molar-refractivity contribution in [2.75, 3.05) is 24.7 Å². The number of sulfone groups is 1. The average molecular weight is 1010 g/mol. The number of aromatic nitrogens is 4. The van der Waals surface area contributed by atoms with Crippen LogP contribution in [0.2, 0.25) is 0 Å². The number of carbonyl (C=O) groups excluding carboxylic acids is 5. The van der Waals surface area contributed by atoms with E-state index in [0.717, 1.165) is 6.26 Å². The van der Waals surface area contributed by atoms with Crippen molar-refractivity contribution >= 4 is 56.0 Å². The minimum Gasteiger partial charge on any atom is -0.458 e. The van der Waals surface area contributed by atoms with E-state index < -0.39 is 75.0 Å². The molecule has 0 bridgehead atoms. The molecule has 0 fully saturated rings. The van der Waals surface area contributed by atoms with E-state index in [1.807, 2.05) is 0 Å². The minimum absolute atomic E-state index is 0.0310. The van der Waals surface area contributed by atoms with Crippen LogP contribution in [0.15, 0.2) is 64.8 Å². The zero-order chi connectivity index (χ0) is 52.1. The number of hydrogen-bond acceptors (Lipinski definition) is 14. The maximum Gasteiger partial charge on any atom is 0.343 e. The van der Waals surface area contributed by atoms with Crippen molar-refractivity contribution in [2.45, 2.75) is 109 Å². The molecule has 0 spiro atoms. The number of aliphatic hydroxyl groups is 1. The lowest BCUT2D eigenvalue weighted by Gasteiger charge is -2.31. The normalized spacial score (nSPS) is 15.5. The Morgan fingerprint density at radius 1 is 0.986 bits per heavy atom. The van der Waals surface area contributed by atoms with E-state index in [1.165, 1.54) is 23.0 Å². The third-order valence-electron chi connectivity index (χ3n) is 12.6. The van der Waals surface area contributed by atoms with Gasteiger partial charge in [-0.1, -0.05) is 44.7 Å². The molecule has 0 unspecified atom stereocenters. The van der Waals surface area contributed by atoms with Gasteiger partial charge in [-0.05, 0) is 92.4 Å². The van der Waals surface area contributed by atoms with Crippen molar-refractivity contribution in [2.24, 2.45) is 11.7 Å². The summed E-state index contributed by atoms with van der Waals surface area (Å²) in [6.07, 6.45) is 5.61. The number of pyridine rings is 2. The van der Waals surface area contributed by atoms with Crippen molar-refractivity contribution in [1.29, 1.82) is 0 Å². The third-order valence-corrected chi connectivity index (χ3v) is 13.5. The number of nitrogens with zero attached hydrogens (tertiary/aromatic N) is 4. The lowest BCUT2D eigenvalue weighted by molar-refractivity contribution is -0.172. The highest BCUT2D eigenvalue weighted by atomic mass is 32.2. The van der Waals surface area contributed by atoms with Crippen LogP contribution in [0.4, 0.5) is 10.1 Å². The fraction of sp³-hybridized carbons (Fsp3) is 0.392. The number of nitrogens with two attached hydrogens (primary N) is 1. The van der Waals surface area contributed by atoms with E-state index in [1.54, 1.807) is 64.1 Å². The molecule has 3 atom stereocenters. The van der Waals surface area contributed by atoms with Crippen LogP contribution in [0, 0.1) is 30.5 Å². The smallest absolute Gasteiger partial charge is 0.343 e. The number of ether oxygens (including phenoxy) is 1. The summed E-state index contributed by atoms with van der Waals surface area (Å²) in [6.45, 7) is 6.47. The molecule has 0 saturated carbocycles. The van der Waals surface area contributed by atoms with Crippen LogP contribution >= 0.6 is 0 Å². The zero-order valence-electron chi connectivity index (χ0n) is 40.5. The molecule has 7 N–H and O–H groups in total. The second-order valence-corrected chi connectivity index (χ2v) is 20.1. The van der Waals surface area contributed by atoms with Gasteiger partial charge >= 0.3 is 5.97 Å². The van der Waals surface area contributed by atoms with Crippen molar-refractivity contribution in [1.82, 2.24) is 35.5 Å². The number of unbranched alkanes of at least 4 members (excludes halogenated alkanes) is 2. The molecule has 2 aliphatic rings. The number of carbonyl (C=O) groups is 5. The predicted molar refractivity (Wildman–Crippen MR) is 264 cm³/mol. The monoisotopic (exact) mass is 1010 g/mol. The Bertz CT molecular complexity index is 3210. The first kappa shape index (κ1) is 52.4. The largest absolute Gasteiger partial charge is 0.458 e. The molecule has 2 aliphatic heterocycles. The summed E-state index contributed by atoms with van der Waals surface area (Å²) in [6, 6.07) is 9.39. The third kappa shape index (κ3) is 11.4. The average Bonchev–Trinajstić information content (AvgIpc) is 3.71. The maximum atomic E-state index is 15.1. The van der Waals surface area contributed by atoms with Gasteiger partial charge in [0.1, 0.15) is 24.5 Å². The molecule has 2 aromatic carbocycles. The van der Waals surface area contributed by atoms with E-state index in [2.05, 4.69) is 43.1 Å². The van der Waals surface area contributed by atoms with Gasteiger partial charge < -0.3 is 41.4 Å². The number of benzene rings is 2. The van der Waals surface area contributed by atoms with E-state index in [0.29, 0.717) is 88.0 Å². The summed E-state index contributed by atoms with van der Waals surface area (Å²) >= 11 is 0. The lowest BCUT2D eigenvalue weighted by atomic mass is 9.86. The standard InChI is InChI=1S/C51H56FN9O10S/c1-6-51(68)36-21-40-45-34(26-61(40)48(66)35(36)27-71-49(51)67)43(33-20-29(4)37(52)22-39(33)58-45)31-15-17-32(18-16-31)57-42(63)25-54-46(64)38(13-10-11-19-53)59-47(65)44(28(2)3)60-41(62)14-9-7-8-12-30-23-55-50(56-24-30)72(5,69)70/h15-18,20-24,28,38,44,68H,6-7,9-11,13-14,19,25-27,53H2,1-5H3,(H,54,64)(H,57,63)(H,59,65)(H,60,62)/t38-,44-,51-/m0/s1. The van der Waals surface area contributed by atoms with Crippen molar-refractivity contribution in [3.05, 3.63) is 98.8 Å². The van der Waals surface area contributed by atoms with Gasteiger partial charge in [-0.15, -0.1) is 0 Å². The van der Waals surface area contributed by atoms with E-state index in [9.17, 15) is 42.3 Å². The highest BCUT2D eigenvalue weighted by Crippen LogP contribution is 2.44. The summed E-state index contributed by atoms with van der Waals surface area (Å²) < 4.78 is 45.0. The highest BCUT2D eigenvalue weighted by Gasteiger charge is 2.45. The Morgan fingerprint density at radius 2 is 1.71 bits per heavy atom. The Labute approximate surface area is 414 Å². The number of rotatable bonds is 18. The number of halogens is 1. The molecule has 0 aliphatic carbocycles. The summed E-state index contributed by atoms with van der Waals surface area (Å²) in [5, 5.41) is 22.5. The van der Waals surface area contributed by atoms with Crippen LogP contribution in [0.3, 0.4) is 0 Å². The molecule has 378 valence electrons. The topological polar surface area (TPSA) is 284 Å². The number of amides is 4. The molecular formula is C51H56FN9O10S. The minimum atomic E-state index is -3.54. The molecule has 19 nitrogen and oxygen atoms in total. The van der Waals surface area contributed by atoms with Crippen molar-refractivity contribution in [3.8, 4) is 34.4 Å². The summed E-state index contributed by atoms with van der Waals surface area (Å²) in [4.78, 5) is 92.4. The molecule has 5 heterocycles. The van der Waals surface area contributed by atoms with Gasteiger partial charge in [0.05, 0.1) is 41.1 Å². The summed E-state index contributed by atoms with van der Waals surface area (Å²) in [5.74, 6) is 1.89. The number of cyclic esters (lactones) is 1. The first-order chi connectivity index (χ1) is 34.2. The van der Waals surface area contributed by atoms with Gasteiger partial charge in [0.15, 0.2) is 5.60 Å². The molecule has 7 rings (SSSR count). The van der Waals surface area contributed by atoms with Crippen LogP contribution < -0.4 is 32.6 Å². The van der Waals surface area contributed by atoms with Gasteiger partial charge in [-0.25, -0.2) is 32.6 Å². The van der Waals surface area contributed by atoms with E-state index >= 15 is 4.39 Å². The number of anilines is 1. The fourth-order valence-electron chi connectivity index (χ4n) is 8.63. The first-order valence-corrected chi connectivity index (χ1v) is 25.4. The van der Waals surface area contributed by atoms with Crippen LogP contribution in [0.5, 0.6) is 0 Å². The van der Waals surface area contributed by atoms with E-state index in [-0.39, 0.29) is 54.6 Å². The Hall–Kier alpha value is -7.41. The van der Waals surface area contributed by atoms with Crippen LogP contribution in [-0.2, 0) is 57.3 Å². The summed E-state index contributed by atoms with van der Waals surface area (Å²) in [5.41, 5.74) is 7.77. The Morgan fingerprint density at radius 3 is 2.38 bits per heavy atom. The van der Waals surface area contributed by atoms with Gasteiger partial charge in [0.2, 0.25) is 38.6 Å². The van der Waals surface area contributed by atoms with Crippen LogP contribution in [0.1, 0.15) is 93.5 Å². The quantitative estimate of drug-likeness (QED) is 0.0312. The maximum absolute atomic E-state index is 15.1. The second-order valence-electron chi connectivity index (χ2n) is 18.2. The highest BCUT2D eigenvalue weighted by molar-refractivity contribution is 7.90. The molecule has 0 saturated heterocycles. The molecule has 21 heteroatoms. The number of esters is 1. The summed E-state index contributed by atoms with van der Waals surface area (Å²) in [7, 11) is -3.54. The molecule has 4 amide bonds. The molecule has 72 heavy (non-hydrogen) atoms. The van der Waals surface area contributed by atoms with Gasteiger partial charge in [-0.3, -0.25) is 24.0 Å². The Balaban J connectivity index is 0.996. The number of aryl methyl sites for hydroxylation is 1. The van der Waals surface area contributed by atoms with Crippen LogP contribution in [-0.4, -0.2) is 94.1 Å². The van der Waals surface area contributed by atoms with Gasteiger partial charge in [0.25, 0.3) is 5.56 Å². The second kappa shape index (κ2) is 21.9. The van der Waals surface area contributed by atoms with E-state index in [4.69, 9.17) is 15.5 Å².